The number of nitrogens with one attached hydrogen (secondary N) is 1. The number of hydrogen-bond donors (Lipinski definition) is 2. The molecule has 0 radical (unpaired) electrons. The standard InChI is InChI=1S/C12H22N4O2/c1-12(2)10(17)16(11(18)14-12)7-6-15-5-3-4-9(13)8-15/h9H,3-8,13H2,1-2H3,(H,14,18)/t9-/m1/s1. The molecular weight excluding hydrogens is 232 g/mol. The van der Waals surface area contributed by atoms with E-state index < -0.39 is 5.54 Å². The van der Waals surface area contributed by atoms with Gasteiger partial charge in [0.05, 0.1) is 0 Å². The highest BCUT2D eigenvalue weighted by Crippen LogP contribution is 2.16. The zero-order valence-corrected chi connectivity index (χ0v) is 11.1. The van der Waals surface area contributed by atoms with Crippen LogP contribution in [0.4, 0.5) is 4.79 Å². The zero-order valence-electron chi connectivity index (χ0n) is 11.1. The highest BCUT2D eigenvalue weighted by molar-refractivity contribution is 6.06. The molecule has 0 aromatic heterocycles. The summed E-state index contributed by atoms with van der Waals surface area (Å²) in [7, 11) is 0. The first kappa shape index (κ1) is 13.3. The molecule has 0 aromatic carbocycles. The molecule has 0 aliphatic carbocycles. The van der Waals surface area contributed by atoms with Crippen LogP contribution in [-0.4, -0.2) is 59.5 Å². The summed E-state index contributed by atoms with van der Waals surface area (Å²) >= 11 is 0. The number of nitrogens with zero attached hydrogens (tertiary/aromatic N) is 2. The molecule has 6 heteroatoms. The van der Waals surface area contributed by atoms with E-state index in [-0.39, 0.29) is 18.0 Å². The lowest BCUT2D eigenvalue weighted by atomic mass is 10.1. The Hall–Kier alpha value is -1.14. The summed E-state index contributed by atoms with van der Waals surface area (Å²) in [5.41, 5.74) is 5.14. The number of hydrogen-bond acceptors (Lipinski definition) is 4. The van der Waals surface area contributed by atoms with Crippen molar-refractivity contribution in [2.24, 2.45) is 5.73 Å². The van der Waals surface area contributed by atoms with Crippen molar-refractivity contribution in [3.8, 4) is 0 Å². The number of piperidine rings is 1. The Morgan fingerprint density at radius 3 is 2.67 bits per heavy atom. The Balaban J connectivity index is 1.87. The maximum Gasteiger partial charge on any atom is 0.325 e. The molecule has 0 spiro atoms. The molecule has 102 valence electrons. The van der Waals surface area contributed by atoms with Crippen molar-refractivity contribution >= 4 is 11.9 Å². The first-order chi connectivity index (χ1) is 8.40. The summed E-state index contributed by atoms with van der Waals surface area (Å²) in [6.07, 6.45) is 2.15. The third kappa shape index (κ3) is 2.64. The smallest absolute Gasteiger partial charge is 0.325 e. The summed E-state index contributed by atoms with van der Waals surface area (Å²) in [6, 6.07) is -0.0652. The van der Waals surface area contributed by atoms with Crippen LogP contribution in [0.3, 0.4) is 0 Å². The summed E-state index contributed by atoms with van der Waals surface area (Å²) in [5, 5.41) is 2.68. The third-order valence-electron chi connectivity index (χ3n) is 3.63. The number of amides is 3. The topological polar surface area (TPSA) is 78.7 Å². The molecule has 18 heavy (non-hydrogen) atoms. The monoisotopic (exact) mass is 254 g/mol. The Morgan fingerprint density at radius 1 is 1.39 bits per heavy atom. The van der Waals surface area contributed by atoms with Crippen LogP contribution in [0.2, 0.25) is 0 Å². The van der Waals surface area contributed by atoms with E-state index in [0.717, 1.165) is 25.9 Å². The summed E-state index contributed by atoms with van der Waals surface area (Å²) in [5.74, 6) is -0.145. The molecule has 2 saturated heterocycles. The molecule has 2 aliphatic heterocycles. The van der Waals surface area contributed by atoms with E-state index in [2.05, 4.69) is 10.2 Å². The van der Waals surface area contributed by atoms with Gasteiger partial charge in [0.15, 0.2) is 0 Å². The Bertz CT molecular complexity index is 356. The van der Waals surface area contributed by atoms with Crippen LogP contribution in [-0.2, 0) is 4.79 Å². The average molecular weight is 254 g/mol. The summed E-state index contributed by atoms with van der Waals surface area (Å²) in [4.78, 5) is 27.2. The van der Waals surface area contributed by atoms with Gasteiger partial charge in [0.2, 0.25) is 0 Å². The quantitative estimate of drug-likeness (QED) is 0.680. The molecule has 0 bridgehead atoms. The van der Waals surface area contributed by atoms with Gasteiger partial charge in [-0.25, -0.2) is 4.79 Å². The molecule has 6 nitrogen and oxygen atoms in total. The zero-order chi connectivity index (χ0) is 13.3. The number of urea groups is 1. The lowest BCUT2D eigenvalue weighted by molar-refractivity contribution is -0.130. The van der Waals surface area contributed by atoms with Crippen LogP contribution in [0.25, 0.3) is 0 Å². The summed E-state index contributed by atoms with van der Waals surface area (Å²) in [6.45, 7) is 6.46. The van der Waals surface area contributed by atoms with Crippen molar-refractivity contribution in [1.29, 1.82) is 0 Å². The highest BCUT2D eigenvalue weighted by Gasteiger charge is 2.43. The molecule has 3 N–H and O–H groups in total. The fraction of sp³-hybridized carbons (Fsp3) is 0.833. The number of nitrogens with two attached hydrogens (primary N) is 1. The van der Waals surface area contributed by atoms with Crippen molar-refractivity contribution in [3.05, 3.63) is 0 Å². The lowest BCUT2D eigenvalue weighted by Gasteiger charge is -2.31. The van der Waals surface area contributed by atoms with E-state index in [1.54, 1.807) is 13.8 Å². The largest absolute Gasteiger partial charge is 0.327 e. The Kier molecular flexibility index (Phi) is 3.59. The fourth-order valence-corrected chi connectivity index (χ4v) is 2.56. The van der Waals surface area contributed by atoms with Crippen LogP contribution >= 0.6 is 0 Å². The van der Waals surface area contributed by atoms with Gasteiger partial charge in [0, 0.05) is 25.7 Å². The van der Waals surface area contributed by atoms with Crippen LogP contribution in [0.15, 0.2) is 0 Å². The van der Waals surface area contributed by atoms with Crippen molar-refractivity contribution < 1.29 is 9.59 Å². The first-order valence-corrected chi connectivity index (χ1v) is 6.52. The Morgan fingerprint density at radius 2 is 2.11 bits per heavy atom. The van der Waals surface area contributed by atoms with Gasteiger partial charge in [-0.1, -0.05) is 0 Å². The minimum Gasteiger partial charge on any atom is -0.327 e. The van der Waals surface area contributed by atoms with Gasteiger partial charge in [-0.2, -0.15) is 0 Å². The normalized spacial score (nSPS) is 28.6. The van der Waals surface area contributed by atoms with E-state index in [9.17, 15) is 9.59 Å². The van der Waals surface area contributed by atoms with Crippen LogP contribution in [0.1, 0.15) is 26.7 Å². The second-order valence-electron chi connectivity index (χ2n) is 5.71. The Labute approximate surface area is 107 Å². The molecular formula is C12H22N4O2. The van der Waals surface area contributed by atoms with Gasteiger partial charge < -0.3 is 16.0 Å². The predicted octanol–water partition coefficient (Wildman–Crippen LogP) is -0.260. The maximum atomic E-state index is 12.0. The van der Waals surface area contributed by atoms with Crippen molar-refractivity contribution in [2.75, 3.05) is 26.2 Å². The van der Waals surface area contributed by atoms with Crippen molar-refractivity contribution in [1.82, 2.24) is 15.1 Å². The molecule has 2 aliphatic rings. The predicted molar refractivity (Wildman–Crippen MR) is 68.0 cm³/mol. The minimum atomic E-state index is -0.768. The molecule has 0 aromatic rings. The van der Waals surface area contributed by atoms with Crippen LogP contribution in [0.5, 0.6) is 0 Å². The van der Waals surface area contributed by atoms with E-state index in [1.807, 2.05) is 0 Å². The maximum absolute atomic E-state index is 12.0. The molecule has 2 heterocycles. The lowest BCUT2D eigenvalue weighted by Crippen LogP contribution is -2.47. The van der Waals surface area contributed by atoms with E-state index in [4.69, 9.17) is 5.73 Å². The molecule has 0 saturated carbocycles. The molecule has 1 atom stereocenters. The van der Waals surface area contributed by atoms with Gasteiger partial charge >= 0.3 is 6.03 Å². The van der Waals surface area contributed by atoms with Gasteiger partial charge in [-0.05, 0) is 33.2 Å². The number of carbonyl (C=O) groups excluding carboxylic acids is 2. The highest BCUT2D eigenvalue weighted by atomic mass is 16.2. The molecule has 0 unspecified atom stereocenters. The van der Waals surface area contributed by atoms with Crippen molar-refractivity contribution in [2.45, 2.75) is 38.3 Å². The van der Waals surface area contributed by atoms with E-state index in [1.165, 1.54) is 4.90 Å². The summed E-state index contributed by atoms with van der Waals surface area (Å²) < 4.78 is 0. The SMILES string of the molecule is CC1(C)NC(=O)N(CCN2CCC[C@@H](N)C2)C1=O. The minimum absolute atomic E-state index is 0.145. The van der Waals surface area contributed by atoms with Crippen LogP contribution in [0, 0.1) is 0 Å². The van der Waals surface area contributed by atoms with Crippen molar-refractivity contribution in [3.63, 3.8) is 0 Å². The number of imide groups is 1. The molecule has 3 amide bonds. The second-order valence-corrected chi connectivity index (χ2v) is 5.71. The van der Waals surface area contributed by atoms with E-state index in [0.29, 0.717) is 13.1 Å². The first-order valence-electron chi connectivity index (χ1n) is 6.52. The van der Waals surface area contributed by atoms with E-state index >= 15 is 0 Å². The third-order valence-corrected chi connectivity index (χ3v) is 3.63. The van der Waals surface area contributed by atoms with Gasteiger partial charge in [-0.15, -0.1) is 0 Å². The second kappa shape index (κ2) is 4.85. The molecule has 2 fully saturated rings. The average Bonchev–Trinajstić information content (AvgIpc) is 2.46. The van der Waals surface area contributed by atoms with Gasteiger partial charge in [0.25, 0.3) is 5.91 Å². The number of carbonyl (C=O) groups is 2. The molecule has 2 rings (SSSR count). The van der Waals surface area contributed by atoms with Crippen LogP contribution < -0.4 is 11.1 Å². The number of likely N-dealkylation sites (tertiary alicyclic amines) is 1. The fourth-order valence-electron chi connectivity index (χ4n) is 2.56. The number of rotatable bonds is 3. The van der Waals surface area contributed by atoms with Gasteiger partial charge in [-0.3, -0.25) is 9.69 Å². The van der Waals surface area contributed by atoms with Gasteiger partial charge in [0.1, 0.15) is 5.54 Å².